The quantitative estimate of drug-likeness (QED) is 0.125. The molecule has 244 valence electrons. The van der Waals surface area contributed by atoms with Crippen molar-refractivity contribution in [3.8, 4) is 0 Å². The Hall–Kier alpha value is -5.67. The Morgan fingerprint density at radius 2 is 1.66 bits per heavy atom. The molecule has 0 saturated heterocycles. The summed E-state index contributed by atoms with van der Waals surface area (Å²) in [6.07, 6.45) is 4.78. The molecule has 0 unspecified atom stereocenters. The zero-order valence-electron chi connectivity index (χ0n) is 25.0. The molecule has 0 spiro atoms. The number of nitrogen functional groups attached to an aromatic ring is 1. The van der Waals surface area contributed by atoms with Crippen LogP contribution in [0.25, 0.3) is 5.65 Å². The number of primary amides is 1. The number of nitrogens with two attached hydrogens (primary N) is 2. The average molecular weight is 647 g/mol. The molecule has 0 aliphatic heterocycles. The van der Waals surface area contributed by atoms with Crippen LogP contribution in [0.15, 0.2) is 40.1 Å². The average Bonchev–Trinajstić information content (AvgIpc) is 3.52. The first-order valence-corrected chi connectivity index (χ1v) is 14.9. The first-order valence-electron chi connectivity index (χ1n) is 14.9. The Morgan fingerprint density at radius 3 is 2.30 bits per heavy atom. The van der Waals surface area contributed by atoms with Crippen molar-refractivity contribution in [2.75, 3.05) is 17.6 Å². The van der Waals surface area contributed by atoms with Crippen LogP contribution in [0.1, 0.15) is 81.0 Å². The van der Waals surface area contributed by atoms with Gasteiger partial charge in [-0.1, -0.05) is 6.07 Å². The predicted molar refractivity (Wildman–Crippen MR) is 165 cm³/mol. The van der Waals surface area contributed by atoms with E-state index in [9.17, 15) is 38.3 Å². The molecule has 3 fully saturated rings. The van der Waals surface area contributed by atoms with Crippen molar-refractivity contribution in [3.05, 3.63) is 84.8 Å². The number of carbonyl (C=O) groups excluding carboxylic acids is 3. The van der Waals surface area contributed by atoms with Crippen molar-refractivity contribution in [1.29, 1.82) is 0 Å². The lowest BCUT2D eigenvalue weighted by atomic mass is 9.53. The van der Waals surface area contributed by atoms with E-state index in [-0.39, 0.29) is 58.0 Å². The van der Waals surface area contributed by atoms with Gasteiger partial charge in [0.05, 0.1) is 11.6 Å². The van der Waals surface area contributed by atoms with Gasteiger partial charge in [-0.15, -0.1) is 0 Å². The number of anilines is 2. The highest BCUT2D eigenvalue weighted by Gasteiger charge is 2.52. The SMILES string of the molecule is NC(=O)c1cnn2c(C(=O)NCC34CCC(C(=O)O)(CC3)CC4)cc(C(=O)NCc3ccc(F)c(CNc4c(N)c(=O)c4=O)c3)nc12. The van der Waals surface area contributed by atoms with Crippen molar-refractivity contribution < 1.29 is 28.7 Å². The van der Waals surface area contributed by atoms with E-state index in [1.807, 2.05) is 0 Å². The topological polar surface area (TPSA) is 241 Å². The van der Waals surface area contributed by atoms with Gasteiger partial charge in [0.15, 0.2) is 5.65 Å². The molecule has 3 aliphatic carbocycles. The van der Waals surface area contributed by atoms with E-state index < -0.39 is 45.8 Å². The minimum absolute atomic E-state index is 0.0664. The number of aliphatic carboxylic acids is 1. The van der Waals surface area contributed by atoms with Crippen LogP contribution in [0, 0.1) is 16.6 Å². The van der Waals surface area contributed by atoms with E-state index in [4.69, 9.17) is 11.5 Å². The summed E-state index contributed by atoms with van der Waals surface area (Å²) in [6.45, 7) is 0.0795. The number of carboxylic acid groups (broad SMARTS) is 1. The van der Waals surface area contributed by atoms with E-state index in [0.29, 0.717) is 50.6 Å². The number of amides is 3. The largest absolute Gasteiger partial charge is 0.481 e. The van der Waals surface area contributed by atoms with Gasteiger partial charge in [0.1, 0.15) is 34.1 Å². The van der Waals surface area contributed by atoms with Crippen molar-refractivity contribution in [3.63, 3.8) is 0 Å². The monoisotopic (exact) mass is 646 g/mol. The van der Waals surface area contributed by atoms with Crippen molar-refractivity contribution in [2.24, 2.45) is 16.6 Å². The second-order valence-corrected chi connectivity index (χ2v) is 12.4. The van der Waals surface area contributed by atoms with Crippen LogP contribution in [0.4, 0.5) is 15.8 Å². The smallest absolute Gasteiger partial charge is 0.309 e. The highest BCUT2D eigenvalue weighted by atomic mass is 19.1. The number of carboxylic acids is 1. The summed E-state index contributed by atoms with van der Waals surface area (Å²) in [5, 5.41) is 22.0. The molecule has 3 amide bonds. The number of rotatable bonds is 11. The van der Waals surface area contributed by atoms with Crippen LogP contribution in [-0.2, 0) is 17.9 Å². The maximum absolute atomic E-state index is 14.5. The van der Waals surface area contributed by atoms with Crippen LogP contribution in [0.3, 0.4) is 0 Å². The maximum atomic E-state index is 14.5. The third-order valence-corrected chi connectivity index (χ3v) is 9.65. The number of aromatic nitrogens is 3. The van der Waals surface area contributed by atoms with Gasteiger partial charge >= 0.3 is 5.97 Å². The molecule has 8 N–H and O–H groups in total. The molecular formula is C31H31FN8O7. The number of fused-ring (bicyclic) bond motifs is 4. The van der Waals surface area contributed by atoms with Gasteiger partial charge in [0.2, 0.25) is 0 Å². The molecular weight excluding hydrogens is 615 g/mol. The summed E-state index contributed by atoms with van der Waals surface area (Å²) in [5.41, 5.74) is 8.36. The van der Waals surface area contributed by atoms with Crippen LogP contribution in [0.2, 0.25) is 0 Å². The minimum atomic E-state index is -0.862. The molecule has 0 atom stereocenters. The molecule has 3 saturated carbocycles. The second-order valence-electron chi connectivity index (χ2n) is 12.4. The van der Waals surface area contributed by atoms with Crippen LogP contribution >= 0.6 is 0 Å². The first-order chi connectivity index (χ1) is 22.3. The summed E-state index contributed by atoms with van der Waals surface area (Å²) < 4.78 is 15.6. The summed E-state index contributed by atoms with van der Waals surface area (Å²) in [6, 6.07) is 5.32. The normalized spacial score (nSPS) is 20.3. The Labute approximate surface area is 265 Å². The molecule has 16 heteroatoms. The number of benzene rings is 1. The van der Waals surface area contributed by atoms with Crippen LogP contribution in [-0.4, -0.2) is 49.9 Å². The van der Waals surface area contributed by atoms with Crippen molar-refractivity contribution in [2.45, 2.75) is 51.6 Å². The summed E-state index contributed by atoms with van der Waals surface area (Å²) in [4.78, 5) is 77.9. The standard InChI is InChI=1S/C31H31FN8O7/c32-18-2-1-15(9-16(18)12-35-22-21(33)23(41)24(22)42)11-36-27(44)19-10-20(40-26(39-19)17(13-38-40)25(34)43)28(45)37-14-30-3-6-31(7-4-30,8-5-30)29(46)47/h1-2,9-10,13,35H,3-8,11-12,14,33H2,(H2,34,43)(H,36,44)(H,37,45)(H,46,47). The number of hydrogen-bond acceptors (Lipinski definition) is 10. The molecule has 2 aromatic carbocycles. The molecule has 47 heavy (non-hydrogen) atoms. The number of carbonyl (C=O) groups is 4. The fraction of sp³-hybridized carbons (Fsp3) is 0.355. The number of nitrogens with zero attached hydrogens (tertiary/aromatic N) is 3. The summed E-state index contributed by atoms with van der Waals surface area (Å²) in [7, 11) is 0. The maximum Gasteiger partial charge on any atom is 0.309 e. The Balaban J connectivity index is 1.18. The summed E-state index contributed by atoms with van der Waals surface area (Å²) >= 11 is 0. The van der Waals surface area contributed by atoms with Crippen LogP contribution in [0.5, 0.6) is 0 Å². The molecule has 7 rings (SSSR count). The van der Waals surface area contributed by atoms with Crippen molar-refractivity contribution >= 4 is 40.7 Å². The van der Waals surface area contributed by atoms with Gasteiger partial charge in [-0.3, -0.25) is 28.8 Å². The third kappa shape index (κ3) is 5.55. The molecule has 4 aromatic rings. The summed E-state index contributed by atoms with van der Waals surface area (Å²) in [5.74, 6) is -3.50. The lowest BCUT2D eigenvalue weighted by Crippen LogP contribution is -2.50. The van der Waals surface area contributed by atoms with Gasteiger partial charge in [0.25, 0.3) is 28.6 Å². The minimum Gasteiger partial charge on any atom is -0.481 e. The molecule has 15 nitrogen and oxygen atoms in total. The van der Waals surface area contributed by atoms with Gasteiger partial charge in [-0.2, -0.15) is 5.10 Å². The lowest BCUT2D eigenvalue weighted by Gasteiger charge is -2.51. The zero-order chi connectivity index (χ0) is 33.7. The fourth-order valence-corrected chi connectivity index (χ4v) is 6.54. The van der Waals surface area contributed by atoms with E-state index in [1.54, 1.807) is 0 Å². The van der Waals surface area contributed by atoms with Crippen LogP contribution < -0.4 is 38.3 Å². The van der Waals surface area contributed by atoms with E-state index >= 15 is 0 Å². The number of nitrogens with one attached hydrogen (secondary N) is 3. The first kappa shape index (κ1) is 31.3. The Bertz CT molecular complexity index is 2020. The molecule has 2 aromatic heterocycles. The molecule has 2 heterocycles. The predicted octanol–water partition coefficient (Wildman–Crippen LogP) is 0.843. The zero-order valence-corrected chi connectivity index (χ0v) is 25.0. The lowest BCUT2D eigenvalue weighted by molar-refractivity contribution is -0.158. The van der Waals surface area contributed by atoms with Gasteiger partial charge in [-0.25, -0.2) is 13.9 Å². The molecule has 0 radical (unpaired) electrons. The van der Waals surface area contributed by atoms with E-state index in [1.165, 1.54) is 24.3 Å². The van der Waals surface area contributed by atoms with Gasteiger partial charge in [-0.05, 0) is 61.6 Å². The number of hydrogen-bond donors (Lipinski definition) is 6. The number of halogens is 1. The second kappa shape index (κ2) is 11.6. The van der Waals surface area contributed by atoms with Crippen molar-refractivity contribution in [1.82, 2.24) is 25.2 Å². The van der Waals surface area contributed by atoms with Gasteiger partial charge in [0, 0.05) is 31.3 Å². The molecule has 3 aliphatic rings. The Morgan fingerprint density at radius 1 is 0.957 bits per heavy atom. The highest BCUT2D eigenvalue weighted by Crippen LogP contribution is 2.56. The van der Waals surface area contributed by atoms with Gasteiger partial charge < -0.3 is 32.5 Å². The Kier molecular flexibility index (Phi) is 7.73. The highest BCUT2D eigenvalue weighted by molar-refractivity contribution is 6.02. The third-order valence-electron chi connectivity index (χ3n) is 9.65. The molecule has 2 bridgehead atoms. The van der Waals surface area contributed by atoms with E-state index in [0.717, 1.165) is 10.7 Å². The fourth-order valence-electron chi connectivity index (χ4n) is 6.54. The van der Waals surface area contributed by atoms with E-state index in [2.05, 4.69) is 26.0 Å².